The highest BCUT2D eigenvalue weighted by Gasteiger charge is 2.13. The van der Waals surface area contributed by atoms with Gasteiger partial charge in [-0.1, -0.05) is 22.9 Å². The van der Waals surface area contributed by atoms with Gasteiger partial charge < -0.3 is 5.32 Å². The van der Waals surface area contributed by atoms with Gasteiger partial charge in [0, 0.05) is 28.7 Å². The van der Waals surface area contributed by atoms with Gasteiger partial charge in [-0.25, -0.2) is 0 Å². The minimum atomic E-state index is 0.709. The summed E-state index contributed by atoms with van der Waals surface area (Å²) in [7, 11) is 1.83. The first kappa shape index (κ1) is 13.3. The fraction of sp³-hybridized carbons (Fsp3) is 0.214. The largest absolute Gasteiger partial charge is 0.363 e. The third-order valence-corrected chi connectivity index (χ3v) is 4.26. The van der Waals surface area contributed by atoms with Gasteiger partial charge in [-0.2, -0.15) is 0 Å². The van der Waals surface area contributed by atoms with Crippen LogP contribution >= 0.6 is 22.9 Å². The van der Waals surface area contributed by atoms with Crippen LogP contribution in [-0.2, 0) is 0 Å². The monoisotopic (exact) mass is 304 g/mol. The number of rotatable bonds is 2. The zero-order valence-electron chi connectivity index (χ0n) is 11.4. The number of benzene rings is 1. The third-order valence-electron chi connectivity index (χ3n) is 3.07. The van der Waals surface area contributed by atoms with Crippen molar-refractivity contribution in [1.82, 2.24) is 15.2 Å². The van der Waals surface area contributed by atoms with Gasteiger partial charge in [0.05, 0.1) is 5.52 Å². The molecule has 2 aromatic heterocycles. The summed E-state index contributed by atoms with van der Waals surface area (Å²) in [5, 5.41) is 14.7. The Morgan fingerprint density at radius 1 is 1.15 bits per heavy atom. The number of anilines is 1. The van der Waals surface area contributed by atoms with Crippen molar-refractivity contribution < 1.29 is 0 Å². The minimum absolute atomic E-state index is 0.709. The molecule has 2 heterocycles. The van der Waals surface area contributed by atoms with Crippen LogP contribution in [0.1, 0.15) is 11.3 Å². The maximum atomic E-state index is 6.18. The van der Waals surface area contributed by atoms with Crippen LogP contribution in [-0.4, -0.2) is 22.2 Å². The van der Waals surface area contributed by atoms with Crippen molar-refractivity contribution >= 4 is 39.0 Å². The van der Waals surface area contributed by atoms with Crippen molar-refractivity contribution in [3.63, 3.8) is 0 Å². The quantitative estimate of drug-likeness (QED) is 0.775. The first-order valence-electron chi connectivity index (χ1n) is 6.17. The van der Waals surface area contributed by atoms with E-state index >= 15 is 0 Å². The van der Waals surface area contributed by atoms with E-state index in [1.54, 1.807) is 0 Å². The maximum Gasteiger partial charge on any atom is 0.205 e. The van der Waals surface area contributed by atoms with Crippen LogP contribution in [0.3, 0.4) is 0 Å². The molecule has 0 atom stereocenters. The Morgan fingerprint density at radius 2 is 1.95 bits per heavy atom. The lowest BCUT2D eigenvalue weighted by Crippen LogP contribution is -1.91. The van der Waals surface area contributed by atoms with Crippen molar-refractivity contribution in [1.29, 1.82) is 0 Å². The summed E-state index contributed by atoms with van der Waals surface area (Å²) in [4.78, 5) is 4.61. The SMILES string of the molecule is CNc1nnc(-c2cc(C)nc3c(C)cc(Cl)cc23)s1. The molecular weight excluding hydrogens is 292 g/mol. The van der Waals surface area contributed by atoms with E-state index in [2.05, 4.69) is 20.5 Å². The number of pyridine rings is 1. The predicted molar refractivity (Wildman–Crippen MR) is 84.7 cm³/mol. The predicted octanol–water partition coefficient (Wildman–Crippen LogP) is 4.07. The highest BCUT2D eigenvalue weighted by atomic mass is 35.5. The Labute approximate surface area is 125 Å². The van der Waals surface area contributed by atoms with Crippen LogP contribution in [0.15, 0.2) is 18.2 Å². The van der Waals surface area contributed by atoms with Crippen molar-refractivity contribution in [2.45, 2.75) is 13.8 Å². The summed E-state index contributed by atoms with van der Waals surface area (Å²) in [6, 6.07) is 5.89. The van der Waals surface area contributed by atoms with Crippen LogP contribution < -0.4 is 5.32 Å². The lowest BCUT2D eigenvalue weighted by atomic mass is 10.1. The summed E-state index contributed by atoms with van der Waals surface area (Å²) in [5.74, 6) is 0. The van der Waals surface area contributed by atoms with E-state index in [1.165, 1.54) is 11.3 Å². The average Bonchev–Trinajstić information content (AvgIpc) is 2.87. The Kier molecular flexibility index (Phi) is 3.31. The van der Waals surface area contributed by atoms with E-state index in [-0.39, 0.29) is 0 Å². The molecule has 6 heteroatoms. The van der Waals surface area contributed by atoms with Gasteiger partial charge in [0.15, 0.2) is 0 Å². The Bertz CT molecular complexity index is 797. The second-order valence-corrected chi connectivity index (χ2v) is 6.01. The fourth-order valence-electron chi connectivity index (χ4n) is 2.19. The summed E-state index contributed by atoms with van der Waals surface area (Å²) in [6.07, 6.45) is 0. The van der Waals surface area contributed by atoms with E-state index in [1.807, 2.05) is 39.1 Å². The molecule has 0 saturated heterocycles. The molecule has 0 aliphatic carbocycles. The van der Waals surface area contributed by atoms with E-state index < -0.39 is 0 Å². The second-order valence-electron chi connectivity index (χ2n) is 4.59. The zero-order chi connectivity index (χ0) is 14.3. The van der Waals surface area contributed by atoms with Crippen LogP contribution in [0, 0.1) is 13.8 Å². The molecular formula is C14H13ClN4S. The molecule has 0 radical (unpaired) electrons. The van der Waals surface area contributed by atoms with Crippen molar-refractivity contribution in [2.24, 2.45) is 0 Å². The topological polar surface area (TPSA) is 50.7 Å². The molecule has 0 unspecified atom stereocenters. The standard InChI is InChI=1S/C14H13ClN4S/c1-7-4-9(15)6-10-11(5-8(2)17-12(7)10)13-18-19-14(16-3)20-13/h4-6H,1-3H3,(H,16,19). The third kappa shape index (κ3) is 2.23. The minimum Gasteiger partial charge on any atom is -0.363 e. The average molecular weight is 305 g/mol. The lowest BCUT2D eigenvalue weighted by molar-refractivity contribution is 1.09. The number of hydrogen-bond donors (Lipinski definition) is 1. The van der Waals surface area contributed by atoms with E-state index in [9.17, 15) is 0 Å². The smallest absolute Gasteiger partial charge is 0.205 e. The molecule has 3 aromatic rings. The number of aromatic nitrogens is 3. The maximum absolute atomic E-state index is 6.18. The highest BCUT2D eigenvalue weighted by Crippen LogP contribution is 2.34. The second kappa shape index (κ2) is 5.00. The van der Waals surface area contributed by atoms with Gasteiger partial charge in [0.25, 0.3) is 0 Å². The first-order valence-corrected chi connectivity index (χ1v) is 7.37. The summed E-state index contributed by atoms with van der Waals surface area (Å²) in [6.45, 7) is 4.00. The van der Waals surface area contributed by atoms with E-state index in [0.29, 0.717) is 5.02 Å². The molecule has 0 spiro atoms. The number of fused-ring (bicyclic) bond motifs is 1. The van der Waals surface area contributed by atoms with Crippen LogP contribution in [0.5, 0.6) is 0 Å². The molecule has 0 fully saturated rings. The number of aryl methyl sites for hydroxylation is 2. The molecule has 0 amide bonds. The molecule has 0 aliphatic heterocycles. The summed E-state index contributed by atoms with van der Waals surface area (Å²) < 4.78 is 0. The number of nitrogens with zero attached hydrogens (tertiary/aromatic N) is 3. The van der Waals surface area contributed by atoms with Gasteiger partial charge in [0.2, 0.25) is 5.13 Å². The van der Waals surface area contributed by atoms with Gasteiger partial charge in [0.1, 0.15) is 5.01 Å². The fourth-order valence-corrected chi connectivity index (χ4v) is 3.19. The molecule has 0 saturated carbocycles. The number of halogens is 1. The Balaban J connectivity index is 2.34. The first-order chi connectivity index (χ1) is 9.58. The molecule has 4 nitrogen and oxygen atoms in total. The van der Waals surface area contributed by atoms with E-state index in [4.69, 9.17) is 11.6 Å². The molecule has 3 rings (SSSR count). The summed E-state index contributed by atoms with van der Waals surface area (Å²) >= 11 is 7.70. The van der Waals surface area contributed by atoms with Crippen molar-refractivity contribution in [2.75, 3.05) is 12.4 Å². The van der Waals surface area contributed by atoms with Crippen molar-refractivity contribution in [3.05, 3.63) is 34.5 Å². The van der Waals surface area contributed by atoms with E-state index in [0.717, 1.165) is 37.9 Å². The van der Waals surface area contributed by atoms with Crippen molar-refractivity contribution in [3.8, 4) is 10.6 Å². The summed E-state index contributed by atoms with van der Waals surface area (Å²) in [5.41, 5.74) is 4.01. The molecule has 0 aliphatic rings. The Morgan fingerprint density at radius 3 is 2.65 bits per heavy atom. The number of hydrogen-bond acceptors (Lipinski definition) is 5. The molecule has 102 valence electrons. The molecule has 1 N–H and O–H groups in total. The van der Waals surface area contributed by atoms with Gasteiger partial charge in [-0.05, 0) is 37.6 Å². The molecule has 1 aromatic carbocycles. The van der Waals surface area contributed by atoms with Gasteiger partial charge in [-0.3, -0.25) is 4.98 Å². The van der Waals surface area contributed by atoms with Crippen LogP contribution in [0.2, 0.25) is 5.02 Å². The van der Waals surface area contributed by atoms with Gasteiger partial charge in [-0.15, -0.1) is 10.2 Å². The highest BCUT2D eigenvalue weighted by molar-refractivity contribution is 7.18. The zero-order valence-corrected chi connectivity index (χ0v) is 12.9. The van der Waals surface area contributed by atoms with Crippen LogP contribution in [0.25, 0.3) is 21.5 Å². The molecule has 0 bridgehead atoms. The molecule has 20 heavy (non-hydrogen) atoms. The van der Waals surface area contributed by atoms with Gasteiger partial charge >= 0.3 is 0 Å². The lowest BCUT2D eigenvalue weighted by Gasteiger charge is -2.08. The van der Waals surface area contributed by atoms with Crippen LogP contribution in [0.4, 0.5) is 5.13 Å². The number of nitrogens with one attached hydrogen (secondary N) is 1. The normalized spacial score (nSPS) is 11.0. The Hall–Kier alpha value is -1.72.